The van der Waals surface area contributed by atoms with E-state index in [2.05, 4.69) is 36.2 Å². The zero-order chi connectivity index (χ0) is 37.3. The summed E-state index contributed by atoms with van der Waals surface area (Å²) in [6, 6.07) is 10.9. The van der Waals surface area contributed by atoms with E-state index >= 15 is 0 Å². The molecule has 1 aliphatic carbocycles. The predicted octanol–water partition coefficient (Wildman–Crippen LogP) is 4.78. The van der Waals surface area contributed by atoms with Gasteiger partial charge in [-0.1, -0.05) is 23.7 Å². The highest BCUT2D eigenvalue weighted by Gasteiger charge is 2.45. The fourth-order valence-corrected chi connectivity index (χ4v) is 5.64. The molecular formula is C34H37ClF3N7O7. The lowest BCUT2D eigenvalue weighted by Crippen LogP contribution is -2.43. The van der Waals surface area contributed by atoms with Crippen LogP contribution in [0, 0.1) is 5.92 Å². The lowest BCUT2D eigenvalue weighted by atomic mass is 9.94. The van der Waals surface area contributed by atoms with Gasteiger partial charge >= 0.3 is 18.2 Å². The maximum Gasteiger partial charge on any atom is 0.422 e. The molecule has 14 nitrogen and oxygen atoms in total. The van der Waals surface area contributed by atoms with Gasteiger partial charge in [-0.25, -0.2) is 4.79 Å². The highest BCUT2D eigenvalue weighted by Crippen LogP contribution is 2.48. The van der Waals surface area contributed by atoms with Crippen LogP contribution >= 0.6 is 11.6 Å². The summed E-state index contributed by atoms with van der Waals surface area (Å²) in [6.45, 7) is -0.510. The Hall–Kier alpha value is -5.03. The fraction of sp³-hybridized carbons (Fsp3) is 0.441. The molecule has 0 unspecified atom stereocenters. The maximum atomic E-state index is 12.9. The van der Waals surface area contributed by atoms with Crippen molar-refractivity contribution in [2.24, 2.45) is 5.92 Å². The number of Topliss-reactive ketones (excluding diaryl/α,β-unsaturated/α-hetero) is 1. The van der Waals surface area contributed by atoms with Crippen molar-refractivity contribution in [3.05, 3.63) is 64.7 Å². The summed E-state index contributed by atoms with van der Waals surface area (Å²) in [4.78, 5) is 61.4. The number of aliphatic carboxylic acids is 1. The molecule has 1 saturated heterocycles. The van der Waals surface area contributed by atoms with Crippen molar-refractivity contribution in [1.29, 1.82) is 0 Å². The Morgan fingerprint density at radius 1 is 0.981 bits per heavy atom. The highest BCUT2D eigenvalue weighted by molar-refractivity contribution is 6.36. The van der Waals surface area contributed by atoms with Gasteiger partial charge in [-0.05, 0) is 86.4 Å². The van der Waals surface area contributed by atoms with Crippen molar-refractivity contribution in [2.75, 3.05) is 37.0 Å². The molecule has 1 aliphatic heterocycles. The summed E-state index contributed by atoms with van der Waals surface area (Å²) in [7, 11) is 0. The molecule has 5 N–H and O–H groups in total. The van der Waals surface area contributed by atoms with Crippen LogP contribution < -0.4 is 26.0 Å². The molecule has 2 fully saturated rings. The van der Waals surface area contributed by atoms with E-state index in [4.69, 9.17) is 21.1 Å². The van der Waals surface area contributed by atoms with Crippen LogP contribution in [0.3, 0.4) is 0 Å². The second-order valence-corrected chi connectivity index (χ2v) is 12.9. The molecule has 2 heterocycles. The van der Waals surface area contributed by atoms with E-state index in [1.165, 1.54) is 24.3 Å². The van der Waals surface area contributed by atoms with Crippen LogP contribution in [0.2, 0.25) is 5.02 Å². The Labute approximate surface area is 301 Å². The van der Waals surface area contributed by atoms with Crippen molar-refractivity contribution >= 4 is 52.8 Å². The number of nitrogens with one attached hydrogen (secondary N) is 4. The van der Waals surface area contributed by atoms with Gasteiger partial charge in [-0.3, -0.25) is 14.4 Å². The van der Waals surface area contributed by atoms with Gasteiger partial charge in [0.2, 0.25) is 17.7 Å². The molecular weight excluding hydrogens is 711 g/mol. The van der Waals surface area contributed by atoms with Crippen LogP contribution in [-0.4, -0.2) is 82.2 Å². The highest BCUT2D eigenvalue weighted by atomic mass is 35.5. The van der Waals surface area contributed by atoms with Gasteiger partial charge in [0, 0.05) is 42.5 Å². The third kappa shape index (κ3) is 11.2. The monoisotopic (exact) mass is 747 g/mol. The first-order valence-electron chi connectivity index (χ1n) is 16.6. The van der Waals surface area contributed by atoms with Gasteiger partial charge in [0.05, 0.1) is 5.54 Å². The predicted molar refractivity (Wildman–Crippen MR) is 181 cm³/mol. The first-order valence-corrected chi connectivity index (χ1v) is 17.0. The quantitative estimate of drug-likeness (QED) is 0.119. The number of ether oxygens (including phenoxy) is 2. The number of carboxylic acids is 1. The molecule has 0 spiro atoms. The summed E-state index contributed by atoms with van der Waals surface area (Å²) >= 11 is 6.02. The molecule has 2 amide bonds. The summed E-state index contributed by atoms with van der Waals surface area (Å²) in [6.07, 6.45) is -1.06. The van der Waals surface area contributed by atoms with Crippen LogP contribution in [0.1, 0.15) is 60.9 Å². The standard InChI is InChI=1S/C34H37ClF3N7O7/c35-23-6-4-22(5-7-23)33(14-15-33)45-31-42-30(43-32(44-31)52-19-34(36,37)38)40-24-8-2-21(3-9-24)27(47)41-25(29(49)50)11-16-39-28(48)26(46)10-1-20-12-17-51-18-13-20/h2-9,20,25H,1,10-19H2,(H,39,48)(H,41,47)(H,49,50)(H2,40,42,43,44,45)/t25-/m0/s1. The second kappa shape index (κ2) is 17.0. The Balaban J connectivity index is 1.17. The largest absolute Gasteiger partial charge is 0.480 e. The van der Waals surface area contributed by atoms with Crippen molar-refractivity contribution in [3.8, 4) is 6.01 Å². The Morgan fingerprint density at radius 3 is 2.29 bits per heavy atom. The molecule has 18 heteroatoms. The number of benzene rings is 2. The van der Waals surface area contributed by atoms with E-state index in [9.17, 15) is 37.5 Å². The van der Waals surface area contributed by atoms with Gasteiger partial charge in [0.15, 0.2) is 6.61 Å². The zero-order valence-electron chi connectivity index (χ0n) is 27.8. The summed E-state index contributed by atoms with van der Waals surface area (Å²) in [5.74, 6) is -3.30. The number of carbonyl (C=O) groups is 4. The number of alkyl halides is 3. The number of amides is 2. The van der Waals surface area contributed by atoms with E-state index < -0.39 is 53.9 Å². The molecule has 1 atom stereocenters. The van der Waals surface area contributed by atoms with Gasteiger partial charge in [0.25, 0.3) is 11.8 Å². The van der Waals surface area contributed by atoms with Crippen LogP contribution in [-0.2, 0) is 24.7 Å². The fourth-order valence-electron chi connectivity index (χ4n) is 5.52. The van der Waals surface area contributed by atoms with E-state index in [0.29, 0.717) is 49.1 Å². The summed E-state index contributed by atoms with van der Waals surface area (Å²) in [5.41, 5.74) is 0.768. The molecule has 1 aromatic heterocycles. The zero-order valence-corrected chi connectivity index (χ0v) is 28.6. The normalized spacial score (nSPS) is 15.9. The number of nitrogens with zero attached hydrogens (tertiary/aromatic N) is 3. The van der Waals surface area contributed by atoms with Crippen LogP contribution in [0.25, 0.3) is 0 Å². The van der Waals surface area contributed by atoms with Gasteiger partial charge in [-0.2, -0.15) is 28.1 Å². The molecule has 1 saturated carbocycles. The third-order valence-electron chi connectivity index (χ3n) is 8.58. The maximum absolute atomic E-state index is 12.9. The van der Waals surface area contributed by atoms with Gasteiger partial charge in [-0.15, -0.1) is 0 Å². The molecule has 278 valence electrons. The SMILES string of the molecule is O=C(CCC1CCOCC1)C(=O)NCC[C@H](NC(=O)c1ccc(Nc2nc(NC3(c4ccc(Cl)cc4)CC3)nc(OCC(F)(F)F)n2)cc1)C(=O)O. The molecule has 0 radical (unpaired) electrons. The van der Waals surface area contributed by atoms with Crippen LogP contribution in [0.4, 0.5) is 30.8 Å². The minimum atomic E-state index is -4.64. The van der Waals surface area contributed by atoms with Crippen molar-refractivity contribution < 1.29 is 46.9 Å². The number of carboxylic acid groups (broad SMARTS) is 1. The minimum Gasteiger partial charge on any atom is -0.480 e. The van der Waals surface area contributed by atoms with E-state index in [0.717, 1.165) is 18.4 Å². The number of hydrogen-bond donors (Lipinski definition) is 5. The van der Waals surface area contributed by atoms with Crippen molar-refractivity contribution in [3.63, 3.8) is 0 Å². The Morgan fingerprint density at radius 2 is 1.65 bits per heavy atom. The van der Waals surface area contributed by atoms with E-state index in [-0.39, 0.29) is 36.8 Å². The number of anilines is 3. The van der Waals surface area contributed by atoms with E-state index in [1.54, 1.807) is 12.1 Å². The Kier molecular flexibility index (Phi) is 12.5. The topological polar surface area (TPSA) is 194 Å². The minimum absolute atomic E-state index is 0.0339. The summed E-state index contributed by atoms with van der Waals surface area (Å²) in [5, 5.41) is 21.0. The second-order valence-electron chi connectivity index (χ2n) is 12.5. The van der Waals surface area contributed by atoms with Crippen LogP contribution in [0.15, 0.2) is 48.5 Å². The average Bonchev–Trinajstić information content (AvgIpc) is 3.90. The van der Waals surface area contributed by atoms with E-state index in [1.807, 2.05) is 12.1 Å². The number of halogens is 4. The molecule has 52 heavy (non-hydrogen) atoms. The third-order valence-corrected chi connectivity index (χ3v) is 8.83. The number of carbonyl (C=O) groups excluding carboxylic acids is 3. The molecule has 3 aromatic rings. The molecule has 5 rings (SSSR count). The molecule has 2 aromatic carbocycles. The number of rotatable bonds is 17. The van der Waals surface area contributed by atoms with Gasteiger partial charge in [0.1, 0.15) is 6.04 Å². The lowest BCUT2D eigenvalue weighted by molar-refractivity contribution is -0.154. The first-order chi connectivity index (χ1) is 24.8. The Bertz CT molecular complexity index is 1740. The summed E-state index contributed by atoms with van der Waals surface area (Å²) < 4.78 is 48.9. The lowest BCUT2D eigenvalue weighted by Gasteiger charge is -2.21. The van der Waals surface area contributed by atoms with Crippen LogP contribution in [0.5, 0.6) is 6.01 Å². The molecule has 0 bridgehead atoms. The van der Waals surface area contributed by atoms with Crippen molar-refractivity contribution in [2.45, 2.75) is 62.7 Å². The number of aromatic nitrogens is 3. The number of ketones is 1. The molecule has 2 aliphatic rings. The first kappa shape index (κ1) is 38.2. The number of hydrogen-bond acceptors (Lipinski definition) is 11. The van der Waals surface area contributed by atoms with Crippen molar-refractivity contribution in [1.82, 2.24) is 25.6 Å². The average molecular weight is 748 g/mol. The smallest absolute Gasteiger partial charge is 0.422 e. The van der Waals surface area contributed by atoms with Gasteiger partial charge < -0.3 is 35.8 Å².